The Balaban J connectivity index is 1.59. The Morgan fingerprint density at radius 3 is 2.15 bits per heavy atom. The van der Waals surface area contributed by atoms with E-state index in [-0.39, 0.29) is 11.9 Å². The quantitative estimate of drug-likeness (QED) is 0.463. The molecule has 1 amide bonds. The third-order valence-corrected chi connectivity index (χ3v) is 4.90. The molecule has 0 radical (unpaired) electrons. The molecule has 1 saturated heterocycles. The molecule has 0 N–H and O–H groups in total. The number of carbonyl (C=O) groups is 2. The van der Waals surface area contributed by atoms with Crippen LogP contribution in [0.2, 0.25) is 0 Å². The molecule has 0 unspecified atom stereocenters. The minimum Gasteiger partial charge on any atom is -0.497 e. The van der Waals surface area contributed by atoms with Crippen LogP contribution >= 0.6 is 0 Å². The smallest absolute Gasteiger partial charge is 0.305 e. The van der Waals surface area contributed by atoms with Gasteiger partial charge >= 0.3 is 5.97 Å². The average molecular weight is 376 g/mol. The number of esters is 1. The van der Waals surface area contributed by atoms with E-state index in [9.17, 15) is 9.59 Å². The summed E-state index contributed by atoms with van der Waals surface area (Å²) in [7, 11) is 1.67. The largest absolute Gasteiger partial charge is 0.497 e. The summed E-state index contributed by atoms with van der Waals surface area (Å²) in [5, 5.41) is 0. The highest BCUT2D eigenvalue weighted by atomic mass is 16.5. The Morgan fingerprint density at radius 1 is 0.926 bits per heavy atom. The van der Waals surface area contributed by atoms with E-state index in [1.807, 2.05) is 24.0 Å². The number of carbonyl (C=O) groups excluding carboxylic acids is 2. The van der Waals surface area contributed by atoms with Crippen molar-refractivity contribution in [3.63, 3.8) is 0 Å². The van der Waals surface area contributed by atoms with Crippen molar-refractivity contribution in [1.82, 2.24) is 4.90 Å². The molecule has 1 heterocycles. The highest BCUT2D eigenvalue weighted by Gasteiger charge is 2.20. The van der Waals surface area contributed by atoms with Crippen LogP contribution in [0.5, 0.6) is 5.75 Å². The summed E-state index contributed by atoms with van der Waals surface area (Å²) >= 11 is 0. The van der Waals surface area contributed by atoms with E-state index in [2.05, 4.69) is 17.0 Å². The Bertz CT molecular complexity index is 580. The summed E-state index contributed by atoms with van der Waals surface area (Å²) < 4.78 is 10.1. The van der Waals surface area contributed by atoms with Gasteiger partial charge in [0, 0.05) is 44.7 Å². The lowest BCUT2D eigenvalue weighted by atomic mass is 10.1. The zero-order valence-corrected chi connectivity index (χ0v) is 16.6. The second kappa shape index (κ2) is 11.5. The van der Waals surface area contributed by atoms with Crippen LogP contribution in [0.3, 0.4) is 0 Å². The number of benzene rings is 1. The van der Waals surface area contributed by atoms with Gasteiger partial charge in [0.2, 0.25) is 5.91 Å². The maximum absolute atomic E-state index is 12.4. The van der Waals surface area contributed by atoms with E-state index in [1.165, 1.54) is 5.69 Å². The molecule has 6 heteroatoms. The lowest BCUT2D eigenvalue weighted by molar-refractivity contribution is -0.143. The van der Waals surface area contributed by atoms with Crippen molar-refractivity contribution in [3.8, 4) is 5.75 Å². The van der Waals surface area contributed by atoms with Gasteiger partial charge in [0.05, 0.1) is 13.7 Å². The molecule has 0 bridgehead atoms. The minimum absolute atomic E-state index is 0.122. The molecule has 2 rings (SSSR count). The van der Waals surface area contributed by atoms with E-state index < -0.39 is 0 Å². The molecule has 27 heavy (non-hydrogen) atoms. The zero-order chi connectivity index (χ0) is 19.5. The van der Waals surface area contributed by atoms with Crippen molar-refractivity contribution < 1.29 is 19.1 Å². The maximum Gasteiger partial charge on any atom is 0.305 e. The van der Waals surface area contributed by atoms with Crippen molar-refractivity contribution in [2.45, 2.75) is 45.4 Å². The number of amides is 1. The van der Waals surface area contributed by atoms with Crippen LogP contribution in [-0.4, -0.2) is 56.7 Å². The first-order valence-corrected chi connectivity index (χ1v) is 9.96. The monoisotopic (exact) mass is 376 g/mol. The van der Waals surface area contributed by atoms with E-state index in [1.54, 1.807) is 7.11 Å². The van der Waals surface area contributed by atoms with Gasteiger partial charge in [-0.3, -0.25) is 9.59 Å². The van der Waals surface area contributed by atoms with Crippen LogP contribution in [0, 0.1) is 0 Å². The Morgan fingerprint density at radius 2 is 1.56 bits per heavy atom. The summed E-state index contributed by atoms with van der Waals surface area (Å²) in [6.45, 7) is 5.52. The summed E-state index contributed by atoms with van der Waals surface area (Å²) in [6, 6.07) is 8.06. The van der Waals surface area contributed by atoms with Gasteiger partial charge in [-0.15, -0.1) is 0 Å². The first-order chi connectivity index (χ1) is 13.1. The molecule has 0 aromatic heterocycles. The SMILES string of the molecule is CCOC(=O)CCCCCCC(=O)N1CCN(c2ccc(OC)cc2)CC1. The Labute approximate surface area is 162 Å². The number of rotatable bonds is 10. The molecule has 1 aliphatic rings. The predicted octanol–water partition coefficient (Wildman–Crippen LogP) is 3.25. The van der Waals surface area contributed by atoms with Crippen LogP contribution < -0.4 is 9.64 Å². The number of methoxy groups -OCH3 is 1. The molecule has 1 aromatic rings. The van der Waals surface area contributed by atoms with Crippen molar-refractivity contribution in [2.75, 3.05) is 44.8 Å². The van der Waals surface area contributed by atoms with Crippen LogP contribution in [0.15, 0.2) is 24.3 Å². The second-order valence-electron chi connectivity index (χ2n) is 6.79. The number of ether oxygens (including phenoxy) is 2. The molecule has 1 aliphatic heterocycles. The normalized spacial score (nSPS) is 14.1. The Kier molecular flexibility index (Phi) is 8.95. The highest BCUT2D eigenvalue weighted by molar-refractivity contribution is 5.76. The number of unbranched alkanes of at least 4 members (excludes halogenated alkanes) is 3. The van der Waals surface area contributed by atoms with Crippen molar-refractivity contribution >= 4 is 17.6 Å². The zero-order valence-electron chi connectivity index (χ0n) is 16.6. The van der Waals surface area contributed by atoms with Crippen molar-refractivity contribution in [2.24, 2.45) is 0 Å². The van der Waals surface area contributed by atoms with Gasteiger partial charge in [0.25, 0.3) is 0 Å². The van der Waals surface area contributed by atoms with Gasteiger partial charge in [-0.05, 0) is 44.0 Å². The van der Waals surface area contributed by atoms with E-state index >= 15 is 0 Å². The molecular weight excluding hydrogens is 344 g/mol. The van der Waals surface area contributed by atoms with Crippen LogP contribution in [-0.2, 0) is 14.3 Å². The number of nitrogens with zero attached hydrogens (tertiary/aromatic N) is 2. The molecule has 0 atom stereocenters. The standard InChI is InChI=1S/C21H32N2O4/c1-3-27-21(25)9-7-5-4-6-8-20(24)23-16-14-22(15-17-23)18-10-12-19(26-2)13-11-18/h10-13H,3-9,14-17H2,1-2H3. The fourth-order valence-electron chi connectivity index (χ4n) is 3.30. The summed E-state index contributed by atoms with van der Waals surface area (Å²) in [5.74, 6) is 0.980. The number of piperazine rings is 1. The van der Waals surface area contributed by atoms with E-state index in [0.29, 0.717) is 19.4 Å². The molecule has 0 aliphatic carbocycles. The van der Waals surface area contributed by atoms with Crippen LogP contribution in [0.1, 0.15) is 45.4 Å². The van der Waals surface area contributed by atoms with Gasteiger partial charge in [-0.1, -0.05) is 12.8 Å². The van der Waals surface area contributed by atoms with Gasteiger partial charge in [-0.2, -0.15) is 0 Å². The number of hydrogen-bond acceptors (Lipinski definition) is 5. The summed E-state index contributed by atoms with van der Waals surface area (Å²) in [4.78, 5) is 27.9. The molecule has 1 fully saturated rings. The number of anilines is 1. The van der Waals surface area contributed by atoms with Gasteiger partial charge in [-0.25, -0.2) is 0 Å². The molecule has 0 saturated carbocycles. The predicted molar refractivity (Wildman–Crippen MR) is 106 cm³/mol. The highest BCUT2D eigenvalue weighted by Crippen LogP contribution is 2.20. The fraction of sp³-hybridized carbons (Fsp3) is 0.619. The summed E-state index contributed by atoms with van der Waals surface area (Å²) in [5.41, 5.74) is 1.17. The average Bonchev–Trinajstić information content (AvgIpc) is 2.71. The topological polar surface area (TPSA) is 59.1 Å². The second-order valence-corrected chi connectivity index (χ2v) is 6.79. The summed E-state index contributed by atoms with van der Waals surface area (Å²) in [6.07, 6.45) is 4.76. The van der Waals surface area contributed by atoms with Crippen molar-refractivity contribution in [3.05, 3.63) is 24.3 Å². The fourth-order valence-corrected chi connectivity index (χ4v) is 3.30. The first-order valence-electron chi connectivity index (χ1n) is 9.96. The van der Waals surface area contributed by atoms with Gasteiger partial charge in [0.15, 0.2) is 0 Å². The lowest BCUT2D eigenvalue weighted by Crippen LogP contribution is -2.48. The lowest BCUT2D eigenvalue weighted by Gasteiger charge is -2.36. The third kappa shape index (κ3) is 7.12. The Hall–Kier alpha value is -2.24. The number of hydrogen-bond donors (Lipinski definition) is 0. The van der Waals surface area contributed by atoms with Gasteiger partial charge < -0.3 is 19.3 Å². The van der Waals surface area contributed by atoms with E-state index in [0.717, 1.165) is 57.6 Å². The molecule has 150 valence electrons. The van der Waals surface area contributed by atoms with Crippen molar-refractivity contribution in [1.29, 1.82) is 0 Å². The molecular formula is C21H32N2O4. The third-order valence-electron chi connectivity index (χ3n) is 4.90. The van der Waals surface area contributed by atoms with Crippen LogP contribution in [0.4, 0.5) is 5.69 Å². The first kappa shape index (κ1) is 21.1. The van der Waals surface area contributed by atoms with Gasteiger partial charge in [0.1, 0.15) is 5.75 Å². The van der Waals surface area contributed by atoms with E-state index in [4.69, 9.17) is 9.47 Å². The molecule has 0 spiro atoms. The molecule has 6 nitrogen and oxygen atoms in total. The van der Waals surface area contributed by atoms with Crippen LogP contribution in [0.25, 0.3) is 0 Å². The maximum atomic E-state index is 12.4. The minimum atomic E-state index is -0.122. The molecule has 1 aromatic carbocycles.